The first-order chi connectivity index (χ1) is 12.6. The average Bonchev–Trinajstić information content (AvgIpc) is 2.56. The summed E-state index contributed by atoms with van der Waals surface area (Å²) >= 11 is 15.9. The molecule has 13 heteroatoms. The highest BCUT2D eigenvalue weighted by Crippen LogP contribution is 2.26. The molecule has 152 valence electrons. The summed E-state index contributed by atoms with van der Waals surface area (Å²) in [5, 5.41) is 16.4. The summed E-state index contributed by atoms with van der Waals surface area (Å²) in [6.07, 6.45) is 0.575. The highest BCUT2D eigenvalue weighted by atomic mass is 32.1. The molecule has 2 rings (SSSR count). The molecule has 2 amide bonds. The predicted octanol–water partition coefficient (Wildman–Crippen LogP) is -0.944. The fourth-order valence-electron chi connectivity index (χ4n) is 2.75. The van der Waals surface area contributed by atoms with Gasteiger partial charge >= 0.3 is 11.9 Å². The van der Waals surface area contributed by atoms with Crippen LogP contribution in [0.3, 0.4) is 0 Å². The largest absolute Gasteiger partial charge is 0.480 e. The van der Waals surface area contributed by atoms with Crippen LogP contribution in [0.5, 0.6) is 0 Å². The van der Waals surface area contributed by atoms with E-state index in [0.29, 0.717) is 25.9 Å². The maximum Gasteiger partial charge on any atom is 0.318 e. The Morgan fingerprint density at radius 2 is 1.07 bits per heavy atom. The van der Waals surface area contributed by atoms with E-state index < -0.39 is 44.8 Å². The van der Waals surface area contributed by atoms with Gasteiger partial charge < -0.3 is 20.0 Å². The van der Waals surface area contributed by atoms with Crippen LogP contribution in [-0.2, 0) is 19.2 Å². The molecule has 6 unspecified atom stereocenters. The van der Waals surface area contributed by atoms with Gasteiger partial charge in [-0.2, -0.15) is 50.5 Å². The van der Waals surface area contributed by atoms with Crippen molar-refractivity contribution in [3.8, 4) is 0 Å². The van der Waals surface area contributed by atoms with Crippen molar-refractivity contribution in [2.45, 2.75) is 46.2 Å². The standard InChI is InChI=1S/C14H21N3O6S4/c18-11(7(24)9(26)13(20)21)16-3-1-5(16)15-6-2-4-17(6)12(19)8(25)10(27)14(22)23/h5-10,15,24-27H,1-4H2,(H,20,21)(H,22,23). The van der Waals surface area contributed by atoms with Crippen LogP contribution in [0.4, 0.5) is 0 Å². The van der Waals surface area contributed by atoms with E-state index in [2.05, 4.69) is 55.8 Å². The third kappa shape index (κ3) is 4.81. The minimum atomic E-state index is -1.23. The van der Waals surface area contributed by atoms with Gasteiger partial charge in [-0.3, -0.25) is 24.5 Å². The second kappa shape index (κ2) is 9.16. The molecule has 2 fully saturated rings. The molecule has 0 bridgehead atoms. The van der Waals surface area contributed by atoms with E-state index in [1.165, 1.54) is 9.80 Å². The molecule has 9 nitrogen and oxygen atoms in total. The van der Waals surface area contributed by atoms with Crippen LogP contribution in [0.1, 0.15) is 12.8 Å². The van der Waals surface area contributed by atoms with Crippen molar-refractivity contribution in [3.63, 3.8) is 0 Å². The van der Waals surface area contributed by atoms with Crippen LogP contribution in [0.25, 0.3) is 0 Å². The van der Waals surface area contributed by atoms with E-state index in [1.807, 2.05) is 0 Å². The number of carbonyl (C=O) groups excluding carboxylic acids is 2. The number of aliphatic carboxylic acids is 2. The summed E-state index contributed by atoms with van der Waals surface area (Å²) in [6.45, 7) is 0.891. The fraction of sp³-hybridized carbons (Fsp3) is 0.714. The number of carboxylic acid groups (broad SMARTS) is 2. The molecule has 0 saturated carbocycles. The first-order valence-electron chi connectivity index (χ1n) is 8.11. The van der Waals surface area contributed by atoms with Crippen LogP contribution in [-0.4, -0.2) is 90.2 Å². The lowest BCUT2D eigenvalue weighted by Crippen LogP contribution is -2.69. The van der Waals surface area contributed by atoms with Crippen molar-refractivity contribution in [2.24, 2.45) is 0 Å². The van der Waals surface area contributed by atoms with Gasteiger partial charge in [0.25, 0.3) is 0 Å². The Morgan fingerprint density at radius 3 is 1.30 bits per heavy atom. The van der Waals surface area contributed by atoms with E-state index in [0.717, 1.165) is 0 Å². The topological polar surface area (TPSA) is 127 Å². The second-order valence-corrected chi connectivity index (χ2v) is 8.52. The number of hydrogen-bond donors (Lipinski definition) is 7. The Balaban J connectivity index is 1.92. The maximum absolute atomic E-state index is 12.4. The molecule has 2 aliphatic heterocycles. The van der Waals surface area contributed by atoms with Gasteiger partial charge in [0.1, 0.15) is 21.0 Å². The van der Waals surface area contributed by atoms with Crippen molar-refractivity contribution < 1.29 is 29.4 Å². The third-order valence-corrected chi connectivity index (χ3v) is 7.15. The van der Waals surface area contributed by atoms with Crippen LogP contribution < -0.4 is 5.32 Å². The first kappa shape index (κ1) is 22.5. The highest BCUT2D eigenvalue weighted by molar-refractivity contribution is 7.86. The molecule has 6 atom stereocenters. The quantitative estimate of drug-likeness (QED) is 0.235. The number of nitrogens with zero attached hydrogens (tertiary/aromatic N) is 2. The number of rotatable bonds is 8. The molecule has 2 saturated heterocycles. The van der Waals surface area contributed by atoms with Gasteiger partial charge in [0.2, 0.25) is 11.8 Å². The lowest BCUT2D eigenvalue weighted by molar-refractivity contribution is -0.149. The van der Waals surface area contributed by atoms with Crippen LogP contribution in [0.2, 0.25) is 0 Å². The van der Waals surface area contributed by atoms with Crippen molar-refractivity contribution in [1.29, 1.82) is 0 Å². The van der Waals surface area contributed by atoms with Gasteiger partial charge in [0.15, 0.2) is 0 Å². The molecular formula is C14H21N3O6S4. The molecule has 0 radical (unpaired) electrons. The van der Waals surface area contributed by atoms with Gasteiger partial charge in [-0.15, -0.1) is 0 Å². The smallest absolute Gasteiger partial charge is 0.318 e. The Kier molecular flexibility index (Phi) is 7.64. The molecule has 0 spiro atoms. The normalized spacial score (nSPS) is 26.2. The number of amides is 2. The molecule has 0 aromatic carbocycles. The number of likely N-dealkylation sites (tertiary alicyclic amines) is 2. The first-order valence-corrected chi connectivity index (χ1v) is 10.2. The molecule has 0 aliphatic carbocycles. The summed E-state index contributed by atoms with van der Waals surface area (Å²) in [5.74, 6) is -3.36. The molecule has 0 aromatic heterocycles. The molecule has 2 heterocycles. The Hall–Kier alpha value is -0.760. The number of nitrogens with one attached hydrogen (secondary N) is 1. The zero-order chi connectivity index (χ0) is 20.5. The lowest BCUT2D eigenvalue weighted by Gasteiger charge is -2.50. The zero-order valence-corrected chi connectivity index (χ0v) is 17.6. The van der Waals surface area contributed by atoms with Gasteiger partial charge in [0.05, 0.1) is 12.3 Å². The van der Waals surface area contributed by atoms with Crippen molar-refractivity contribution >= 4 is 74.3 Å². The maximum atomic E-state index is 12.4. The summed E-state index contributed by atoms with van der Waals surface area (Å²) in [4.78, 5) is 49.6. The van der Waals surface area contributed by atoms with Gasteiger partial charge in [0, 0.05) is 13.1 Å². The molecule has 2 aliphatic rings. The Labute approximate surface area is 177 Å². The van der Waals surface area contributed by atoms with Crippen molar-refractivity contribution in [3.05, 3.63) is 0 Å². The predicted molar refractivity (Wildman–Crippen MR) is 110 cm³/mol. The second-order valence-electron chi connectivity index (χ2n) is 6.29. The van der Waals surface area contributed by atoms with Gasteiger partial charge in [-0.05, 0) is 12.8 Å². The van der Waals surface area contributed by atoms with Crippen LogP contribution in [0.15, 0.2) is 0 Å². The molecule has 3 N–H and O–H groups in total. The molecular weight excluding hydrogens is 434 g/mol. The Morgan fingerprint density at radius 1 is 0.741 bits per heavy atom. The van der Waals surface area contributed by atoms with Crippen LogP contribution in [0, 0.1) is 0 Å². The van der Waals surface area contributed by atoms with Crippen molar-refractivity contribution in [2.75, 3.05) is 13.1 Å². The lowest BCUT2D eigenvalue weighted by atomic mass is 10.0. The zero-order valence-electron chi connectivity index (χ0n) is 14.0. The average molecular weight is 456 g/mol. The minimum Gasteiger partial charge on any atom is -0.480 e. The number of carboxylic acids is 2. The van der Waals surface area contributed by atoms with Crippen LogP contribution >= 0.6 is 50.5 Å². The minimum absolute atomic E-state index is 0.355. The van der Waals surface area contributed by atoms with E-state index in [1.54, 1.807) is 0 Å². The van der Waals surface area contributed by atoms with Gasteiger partial charge in [-0.25, -0.2) is 0 Å². The van der Waals surface area contributed by atoms with E-state index in [4.69, 9.17) is 10.2 Å². The molecule has 0 aromatic rings. The summed E-state index contributed by atoms with van der Waals surface area (Å²) in [7, 11) is 0. The summed E-state index contributed by atoms with van der Waals surface area (Å²) in [5.41, 5.74) is 0. The summed E-state index contributed by atoms with van der Waals surface area (Å²) < 4.78 is 0. The van der Waals surface area contributed by atoms with Gasteiger partial charge in [-0.1, -0.05) is 0 Å². The van der Waals surface area contributed by atoms with Crippen molar-refractivity contribution in [1.82, 2.24) is 15.1 Å². The van der Waals surface area contributed by atoms with E-state index in [9.17, 15) is 19.2 Å². The van der Waals surface area contributed by atoms with E-state index in [-0.39, 0.29) is 12.3 Å². The number of carbonyl (C=O) groups is 4. The fourth-order valence-corrected chi connectivity index (χ4v) is 3.56. The third-order valence-electron chi connectivity index (χ3n) is 4.60. The number of hydrogen-bond acceptors (Lipinski definition) is 9. The Bertz CT molecular complexity index is 586. The van der Waals surface area contributed by atoms with E-state index >= 15 is 0 Å². The molecule has 27 heavy (non-hydrogen) atoms. The monoisotopic (exact) mass is 455 g/mol. The number of thiol groups is 4. The SMILES string of the molecule is O=C(O)C(S)C(S)C(=O)N1CCC1NC1CCN1C(=O)C(S)C(S)C(=O)O. The highest BCUT2D eigenvalue weighted by Gasteiger charge is 2.43. The summed E-state index contributed by atoms with van der Waals surface area (Å²) in [6, 6.07) is 0.